The van der Waals surface area contributed by atoms with Gasteiger partial charge in [0.05, 0.1) is 0 Å². The summed E-state index contributed by atoms with van der Waals surface area (Å²) in [6, 6.07) is 12.6. The van der Waals surface area contributed by atoms with Gasteiger partial charge in [-0.05, 0) is 36.1 Å². The molecule has 0 fully saturated rings. The molecule has 1 nitrogen and oxygen atoms in total. The largest absolute Gasteiger partial charge is 0.264 e. The highest BCUT2D eigenvalue weighted by molar-refractivity contribution is 5.30. The number of benzene rings is 1. The van der Waals surface area contributed by atoms with Crippen LogP contribution >= 0.6 is 0 Å². The van der Waals surface area contributed by atoms with Crippen LogP contribution in [-0.4, -0.2) is 4.98 Å². The van der Waals surface area contributed by atoms with Gasteiger partial charge in [-0.2, -0.15) is 0 Å². The zero-order valence-corrected chi connectivity index (χ0v) is 8.27. The van der Waals surface area contributed by atoms with Crippen molar-refractivity contribution in [3.63, 3.8) is 0 Å². The number of hydrogen-bond donors (Lipinski definition) is 0. The average Bonchev–Trinajstić information content (AvgIpc) is 2.23. The van der Waals surface area contributed by atoms with Gasteiger partial charge in [-0.1, -0.05) is 30.3 Å². The zero-order chi connectivity index (χ0) is 9.80. The second-order valence-corrected chi connectivity index (χ2v) is 3.46. The molecule has 2 rings (SSSR count). The van der Waals surface area contributed by atoms with E-state index < -0.39 is 0 Å². The van der Waals surface area contributed by atoms with E-state index in [9.17, 15) is 0 Å². The van der Waals surface area contributed by atoms with E-state index in [2.05, 4.69) is 42.2 Å². The standard InChI is InChI=1S/C13H13N/c1-11-5-2-3-7-13(11)9-12-6-4-8-14-10-12/h2-8,10H,9H2,1H3. The van der Waals surface area contributed by atoms with Crippen molar-refractivity contribution in [3.05, 3.63) is 65.5 Å². The van der Waals surface area contributed by atoms with Gasteiger partial charge in [-0.3, -0.25) is 4.98 Å². The fraction of sp³-hybridized carbons (Fsp3) is 0.154. The van der Waals surface area contributed by atoms with Crippen LogP contribution in [0.3, 0.4) is 0 Å². The van der Waals surface area contributed by atoms with E-state index in [-0.39, 0.29) is 0 Å². The highest BCUT2D eigenvalue weighted by Gasteiger charge is 1.98. The molecule has 0 saturated carbocycles. The first-order chi connectivity index (χ1) is 6.86. The summed E-state index contributed by atoms with van der Waals surface area (Å²) in [5.41, 5.74) is 3.98. The Hall–Kier alpha value is -1.63. The Morgan fingerprint density at radius 1 is 1.07 bits per heavy atom. The summed E-state index contributed by atoms with van der Waals surface area (Å²) in [5.74, 6) is 0. The van der Waals surface area contributed by atoms with E-state index in [1.54, 1.807) is 6.20 Å². The molecular formula is C13H13N. The van der Waals surface area contributed by atoms with Gasteiger partial charge in [0.15, 0.2) is 0 Å². The Morgan fingerprint density at radius 3 is 2.64 bits per heavy atom. The number of nitrogens with zero attached hydrogens (tertiary/aromatic N) is 1. The van der Waals surface area contributed by atoms with E-state index in [1.807, 2.05) is 12.3 Å². The zero-order valence-electron chi connectivity index (χ0n) is 8.27. The van der Waals surface area contributed by atoms with Gasteiger partial charge >= 0.3 is 0 Å². The molecule has 0 aliphatic heterocycles. The van der Waals surface area contributed by atoms with Crippen molar-refractivity contribution in [3.8, 4) is 0 Å². The van der Waals surface area contributed by atoms with Crippen LogP contribution in [0.1, 0.15) is 16.7 Å². The molecule has 0 bridgehead atoms. The second kappa shape index (κ2) is 4.05. The minimum absolute atomic E-state index is 0.973. The van der Waals surface area contributed by atoms with Crippen LogP contribution in [0.25, 0.3) is 0 Å². The van der Waals surface area contributed by atoms with Crippen LogP contribution in [-0.2, 0) is 6.42 Å². The highest BCUT2D eigenvalue weighted by atomic mass is 14.6. The summed E-state index contributed by atoms with van der Waals surface area (Å²) in [6.07, 6.45) is 4.70. The number of hydrogen-bond acceptors (Lipinski definition) is 1. The lowest BCUT2D eigenvalue weighted by Gasteiger charge is -2.04. The third-order valence-corrected chi connectivity index (χ3v) is 2.38. The fourth-order valence-electron chi connectivity index (χ4n) is 1.53. The SMILES string of the molecule is Cc1ccccc1Cc1cccnc1. The fourth-order valence-corrected chi connectivity index (χ4v) is 1.53. The predicted molar refractivity (Wildman–Crippen MR) is 58.2 cm³/mol. The molecule has 70 valence electrons. The first-order valence-corrected chi connectivity index (χ1v) is 4.79. The van der Waals surface area contributed by atoms with Gasteiger partial charge in [0.25, 0.3) is 0 Å². The number of aromatic nitrogens is 1. The van der Waals surface area contributed by atoms with Crippen molar-refractivity contribution < 1.29 is 0 Å². The van der Waals surface area contributed by atoms with Crippen molar-refractivity contribution >= 4 is 0 Å². The summed E-state index contributed by atoms with van der Waals surface area (Å²) in [5, 5.41) is 0. The third-order valence-electron chi connectivity index (χ3n) is 2.38. The molecule has 0 saturated heterocycles. The number of aryl methyl sites for hydroxylation is 1. The smallest absolute Gasteiger partial charge is 0.0303 e. The Bertz CT molecular complexity index is 407. The van der Waals surface area contributed by atoms with Gasteiger partial charge in [0.1, 0.15) is 0 Å². The first kappa shape index (κ1) is 8.95. The lowest BCUT2D eigenvalue weighted by atomic mass is 10.0. The predicted octanol–water partition coefficient (Wildman–Crippen LogP) is 2.98. The highest BCUT2D eigenvalue weighted by Crippen LogP contribution is 2.12. The topological polar surface area (TPSA) is 12.9 Å². The van der Waals surface area contributed by atoms with Crippen molar-refractivity contribution in [2.24, 2.45) is 0 Å². The molecule has 1 aromatic carbocycles. The van der Waals surface area contributed by atoms with E-state index in [1.165, 1.54) is 16.7 Å². The minimum Gasteiger partial charge on any atom is -0.264 e. The van der Waals surface area contributed by atoms with Crippen LogP contribution in [0.15, 0.2) is 48.8 Å². The Morgan fingerprint density at radius 2 is 1.93 bits per heavy atom. The average molecular weight is 183 g/mol. The molecule has 0 unspecified atom stereocenters. The number of rotatable bonds is 2. The molecule has 0 spiro atoms. The minimum atomic E-state index is 0.973. The van der Waals surface area contributed by atoms with E-state index in [4.69, 9.17) is 0 Å². The maximum Gasteiger partial charge on any atom is 0.0303 e. The van der Waals surface area contributed by atoms with Crippen molar-refractivity contribution in [2.75, 3.05) is 0 Å². The molecule has 0 atom stereocenters. The van der Waals surface area contributed by atoms with E-state index in [0.29, 0.717) is 0 Å². The number of pyridine rings is 1. The van der Waals surface area contributed by atoms with Gasteiger partial charge in [-0.25, -0.2) is 0 Å². The summed E-state index contributed by atoms with van der Waals surface area (Å²) in [4.78, 5) is 4.11. The molecule has 1 aromatic heterocycles. The summed E-state index contributed by atoms with van der Waals surface area (Å²) in [7, 11) is 0. The Kier molecular flexibility index (Phi) is 2.59. The van der Waals surface area contributed by atoms with Gasteiger partial charge in [0.2, 0.25) is 0 Å². The Labute approximate surface area is 84.4 Å². The van der Waals surface area contributed by atoms with Crippen LogP contribution in [0.2, 0.25) is 0 Å². The van der Waals surface area contributed by atoms with Crippen molar-refractivity contribution in [1.82, 2.24) is 4.98 Å². The van der Waals surface area contributed by atoms with E-state index >= 15 is 0 Å². The normalized spacial score (nSPS) is 10.1. The Balaban J connectivity index is 2.24. The monoisotopic (exact) mass is 183 g/mol. The molecule has 0 amide bonds. The van der Waals surface area contributed by atoms with Crippen LogP contribution in [0, 0.1) is 6.92 Å². The van der Waals surface area contributed by atoms with Gasteiger partial charge in [-0.15, -0.1) is 0 Å². The van der Waals surface area contributed by atoms with Crippen LogP contribution in [0.4, 0.5) is 0 Å². The molecule has 0 aliphatic rings. The van der Waals surface area contributed by atoms with Crippen LogP contribution in [0.5, 0.6) is 0 Å². The van der Waals surface area contributed by atoms with Gasteiger partial charge in [0, 0.05) is 12.4 Å². The maximum absolute atomic E-state index is 4.11. The molecule has 0 radical (unpaired) electrons. The lowest BCUT2D eigenvalue weighted by molar-refractivity contribution is 1.12. The van der Waals surface area contributed by atoms with Crippen molar-refractivity contribution in [2.45, 2.75) is 13.3 Å². The molecule has 0 aliphatic carbocycles. The van der Waals surface area contributed by atoms with Crippen LogP contribution < -0.4 is 0 Å². The lowest BCUT2D eigenvalue weighted by Crippen LogP contribution is -1.91. The molecule has 0 N–H and O–H groups in total. The molecule has 2 aromatic rings. The maximum atomic E-state index is 4.11. The summed E-state index contributed by atoms with van der Waals surface area (Å²) >= 11 is 0. The van der Waals surface area contributed by atoms with Crippen molar-refractivity contribution in [1.29, 1.82) is 0 Å². The van der Waals surface area contributed by atoms with E-state index in [0.717, 1.165) is 6.42 Å². The second-order valence-electron chi connectivity index (χ2n) is 3.46. The first-order valence-electron chi connectivity index (χ1n) is 4.79. The molecule has 1 heterocycles. The third kappa shape index (κ3) is 1.99. The summed E-state index contributed by atoms with van der Waals surface area (Å²) < 4.78 is 0. The molecular weight excluding hydrogens is 170 g/mol. The quantitative estimate of drug-likeness (QED) is 0.697. The van der Waals surface area contributed by atoms with Gasteiger partial charge < -0.3 is 0 Å². The molecule has 14 heavy (non-hydrogen) atoms. The molecule has 1 heteroatoms. The summed E-state index contributed by atoms with van der Waals surface area (Å²) in [6.45, 7) is 2.14.